The molecule has 0 saturated carbocycles. The van der Waals surface area contributed by atoms with Crippen LogP contribution in [0.2, 0.25) is 0 Å². The van der Waals surface area contributed by atoms with E-state index in [1.165, 1.54) is 12.7 Å². The van der Waals surface area contributed by atoms with Gasteiger partial charge in [-0.1, -0.05) is 41.5 Å². The van der Waals surface area contributed by atoms with Gasteiger partial charge in [-0.15, -0.1) is 0 Å². The highest BCUT2D eigenvalue weighted by Gasteiger charge is 2.08. The summed E-state index contributed by atoms with van der Waals surface area (Å²) in [6.07, 6.45) is 0.990. The average molecular weight is 220 g/mol. The Kier molecular flexibility index (Phi) is 4.51. The van der Waals surface area contributed by atoms with Gasteiger partial charge in [0, 0.05) is 5.56 Å². The van der Waals surface area contributed by atoms with Crippen LogP contribution in [0, 0.1) is 0 Å². The summed E-state index contributed by atoms with van der Waals surface area (Å²) < 4.78 is 0. The monoisotopic (exact) mass is 220 g/mol. The molecule has 1 N–H and O–H groups in total. The van der Waals surface area contributed by atoms with E-state index < -0.39 is 0 Å². The maximum atomic E-state index is 8.75. The number of hydrogen-bond acceptors (Lipinski definition) is 4. The van der Waals surface area contributed by atoms with Crippen molar-refractivity contribution in [3.8, 4) is 0 Å². The molecule has 0 heterocycles. The second-order valence-electron chi connectivity index (χ2n) is 3.36. The molecule has 1 aromatic carbocycles. The van der Waals surface area contributed by atoms with Gasteiger partial charge in [0.2, 0.25) is 0 Å². The molecule has 4 nitrogen and oxygen atoms in total. The highest BCUT2D eigenvalue weighted by molar-refractivity contribution is 6.47. The Morgan fingerprint density at radius 3 is 2.38 bits per heavy atom. The molecule has 4 heteroatoms. The predicted molar refractivity (Wildman–Crippen MR) is 64.3 cm³/mol. The first kappa shape index (κ1) is 12.2. The lowest BCUT2D eigenvalue weighted by Gasteiger charge is -2.05. The molecule has 0 aromatic heterocycles. The molecule has 0 amide bonds. The van der Waals surface area contributed by atoms with Crippen LogP contribution in [0.1, 0.15) is 25.0 Å². The molecular formula is C12H16N2O2. The smallest absolute Gasteiger partial charge is 0.134 e. The lowest BCUT2D eigenvalue weighted by atomic mass is 10.0. The molecule has 0 spiro atoms. The van der Waals surface area contributed by atoms with Crippen molar-refractivity contribution >= 4 is 11.4 Å². The minimum absolute atomic E-state index is 0.422. The zero-order valence-electron chi connectivity index (χ0n) is 9.77. The fourth-order valence-corrected chi connectivity index (χ4v) is 1.36. The van der Waals surface area contributed by atoms with Crippen LogP contribution in [0.5, 0.6) is 0 Å². The van der Waals surface area contributed by atoms with E-state index in [4.69, 9.17) is 10.0 Å². The van der Waals surface area contributed by atoms with Gasteiger partial charge in [-0.2, -0.15) is 0 Å². The van der Waals surface area contributed by atoms with Gasteiger partial charge >= 0.3 is 0 Å². The summed E-state index contributed by atoms with van der Waals surface area (Å²) in [5.41, 5.74) is 3.08. The van der Waals surface area contributed by atoms with Crippen LogP contribution in [0.3, 0.4) is 0 Å². The van der Waals surface area contributed by atoms with E-state index in [1.54, 1.807) is 6.92 Å². The fourth-order valence-electron chi connectivity index (χ4n) is 1.36. The number of aryl methyl sites for hydroxylation is 1. The van der Waals surface area contributed by atoms with Crippen LogP contribution in [-0.2, 0) is 11.3 Å². The van der Waals surface area contributed by atoms with E-state index in [0.29, 0.717) is 11.4 Å². The van der Waals surface area contributed by atoms with Gasteiger partial charge in [-0.05, 0) is 18.9 Å². The molecule has 0 atom stereocenters. The summed E-state index contributed by atoms with van der Waals surface area (Å²) in [4.78, 5) is 4.73. The first-order valence-electron chi connectivity index (χ1n) is 5.12. The van der Waals surface area contributed by atoms with E-state index in [0.717, 1.165) is 12.0 Å². The van der Waals surface area contributed by atoms with Gasteiger partial charge in [0.25, 0.3) is 0 Å². The van der Waals surface area contributed by atoms with Crippen molar-refractivity contribution in [1.82, 2.24) is 0 Å². The van der Waals surface area contributed by atoms with E-state index in [9.17, 15) is 0 Å². The second-order valence-corrected chi connectivity index (χ2v) is 3.36. The van der Waals surface area contributed by atoms with Crippen molar-refractivity contribution in [3.05, 3.63) is 35.4 Å². The fraction of sp³-hybridized carbons (Fsp3) is 0.333. The summed E-state index contributed by atoms with van der Waals surface area (Å²) in [6, 6.07) is 7.91. The van der Waals surface area contributed by atoms with E-state index in [-0.39, 0.29) is 0 Å². The number of oxime groups is 2. The molecule has 0 bridgehead atoms. The van der Waals surface area contributed by atoms with Crippen molar-refractivity contribution in [2.45, 2.75) is 20.3 Å². The minimum Gasteiger partial charge on any atom is -0.411 e. The van der Waals surface area contributed by atoms with Crippen LogP contribution in [-0.4, -0.2) is 23.7 Å². The quantitative estimate of drug-likeness (QED) is 0.481. The van der Waals surface area contributed by atoms with Crippen LogP contribution in [0.4, 0.5) is 0 Å². The van der Waals surface area contributed by atoms with Crippen molar-refractivity contribution in [1.29, 1.82) is 0 Å². The Labute approximate surface area is 95.2 Å². The Bertz CT molecular complexity index is 394. The lowest BCUT2D eigenvalue weighted by Crippen LogP contribution is -2.12. The average Bonchev–Trinajstić information content (AvgIpc) is 2.35. The lowest BCUT2D eigenvalue weighted by molar-refractivity contribution is 0.214. The third-order valence-electron chi connectivity index (χ3n) is 2.31. The van der Waals surface area contributed by atoms with Crippen molar-refractivity contribution in [2.75, 3.05) is 7.11 Å². The van der Waals surface area contributed by atoms with E-state index >= 15 is 0 Å². The maximum Gasteiger partial charge on any atom is 0.134 e. The van der Waals surface area contributed by atoms with Crippen LogP contribution < -0.4 is 0 Å². The van der Waals surface area contributed by atoms with Crippen molar-refractivity contribution < 1.29 is 10.0 Å². The highest BCUT2D eigenvalue weighted by atomic mass is 16.6. The van der Waals surface area contributed by atoms with Crippen LogP contribution in [0.15, 0.2) is 34.6 Å². The minimum atomic E-state index is 0.422. The predicted octanol–water partition coefficient (Wildman–Crippen LogP) is 2.45. The van der Waals surface area contributed by atoms with Crippen LogP contribution in [0.25, 0.3) is 0 Å². The first-order chi connectivity index (χ1) is 7.72. The number of hydrogen-bond donors (Lipinski definition) is 1. The summed E-state index contributed by atoms with van der Waals surface area (Å²) in [5.74, 6) is 0. The topological polar surface area (TPSA) is 54.2 Å². The summed E-state index contributed by atoms with van der Waals surface area (Å²) in [7, 11) is 1.46. The van der Waals surface area contributed by atoms with E-state index in [1.807, 2.05) is 24.3 Å². The summed E-state index contributed by atoms with van der Waals surface area (Å²) in [6.45, 7) is 3.77. The zero-order chi connectivity index (χ0) is 12.0. The molecular weight excluding hydrogens is 204 g/mol. The second kappa shape index (κ2) is 5.90. The molecule has 86 valence electrons. The molecule has 0 unspecified atom stereocenters. The van der Waals surface area contributed by atoms with Gasteiger partial charge in [0.1, 0.15) is 18.5 Å². The normalized spacial score (nSPS) is 12.7. The van der Waals surface area contributed by atoms with Crippen molar-refractivity contribution in [3.63, 3.8) is 0 Å². The number of rotatable bonds is 4. The van der Waals surface area contributed by atoms with Crippen LogP contribution >= 0.6 is 0 Å². The Hall–Kier alpha value is -1.84. The van der Waals surface area contributed by atoms with Gasteiger partial charge in [-0.3, -0.25) is 0 Å². The van der Waals surface area contributed by atoms with Crippen molar-refractivity contribution in [2.24, 2.45) is 10.3 Å². The third-order valence-corrected chi connectivity index (χ3v) is 2.31. The first-order valence-corrected chi connectivity index (χ1v) is 5.12. The summed E-state index contributed by atoms with van der Waals surface area (Å²) in [5, 5.41) is 15.7. The third kappa shape index (κ3) is 2.82. The van der Waals surface area contributed by atoms with E-state index in [2.05, 4.69) is 17.2 Å². The Morgan fingerprint density at radius 2 is 1.94 bits per heavy atom. The molecule has 0 saturated heterocycles. The molecule has 0 aliphatic heterocycles. The SMILES string of the molecule is CCc1ccc(C(=N\OC)/C(C)=N/O)cc1. The Morgan fingerprint density at radius 1 is 1.31 bits per heavy atom. The largest absolute Gasteiger partial charge is 0.411 e. The van der Waals surface area contributed by atoms with Gasteiger partial charge in [-0.25, -0.2) is 0 Å². The molecule has 0 aliphatic carbocycles. The highest BCUT2D eigenvalue weighted by Crippen LogP contribution is 2.08. The number of nitrogens with zero attached hydrogens (tertiary/aromatic N) is 2. The zero-order valence-corrected chi connectivity index (χ0v) is 9.77. The molecule has 16 heavy (non-hydrogen) atoms. The standard InChI is InChI=1S/C12H16N2O2/c1-4-10-5-7-11(8-6-10)12(14-16-3)9(2)13-15/h5-8,15H,4H2,1-3H3/b13-9+,14-12-. The molecule has 1 rings (SSSR count). The van der Waals surface area contributed by atoms with Gasteiger partial charge in [0.15, 0.2) is 0 Å². The Balaban J connectivity index is 3.07. The maximum absolute atomic E-state index is 8.75. The molecule has 0 aliphatic rings. The molecule has 1 aromatic rings. The number of benzene rings is 1. The molecule has 0 fully saturated rings. The van der Waals surface area contributed by atoms with Gasteiger partial charge in [0.05, 0.1) is 0 Å². The van der Waals surface area contributed by atoms with Gasteiger partial charge < -0.3 is 10.0 Å². The summed E-state index contributed by atoms with van der Waals surface area (Å²) >= 11 is 0. The molecule has 0 radical (unpaired) electrons.